The van der Waals surface area contributed by atoms with Gasteiger partial charge in [0, 0.05) is 31.4 Å². The maximum absolute atomic E-state index is 13.0. The Labute approximate surface area is 217 Å². The molecule has 0 spiro atoms. The van der Waals surface area contributed by atoms with E-state index in [1.807, 2.05) is 37.3 Å². The molecule has 2 aliphatic carbocycles. The Kier molecular flexibility index (Phi) is 6.70. The van der Waals surface area contributed by atoms with Crippen LogP contribution in [0.1, 0.15) is 59.6 Å². The second-order valence-corrected chi connectivity index (χ2v) is 12.0. The Bertz CT molecular complexity index is 1450. The average Bonchev–Trinajstić information content (AvgIpc) is 3.78. The van der Waals surface area contributed by atoms with Gasteiger partial charge < -0.3 is 10.6 Å². The zero-order valence-electron chi connectivity index (χ0n) is 21.5. The van der Waals surface area contributed by atoms with Crippen molar-refractivity contribution in [1.82, 2.24) is 20.4 Å². The van der Waals surface area contributed by atoms with Crippen molar-refractivity contribution in [2.45, 2.75) is 44.9 Å². The first-order valence-electron chi connectivity index (χ1n) is 12.8. The molecule has 1 aromatic heterocycles. The van der Waals surface area contributed by atoms with Crippen LogP contribution in [0.5, 0.6) is 0 Å². The van der Waals surface area contributed by atoms with E-state index in [-0.39, 0.29) is 30.2 Å². The smallest absolute Gasteiger partial charge is 0.270 e. The summed E-state index contributed by atoms with van der Waals surface area (Å²) in [5, 5.41) is 11.1. The summed E-state index contributed by atoms with van der Waals surface area (Å²) in [4.78, 5) is 25.0. The molecule has 196 valence electrons. The number of aryl methyl sites for hydroxylation is 1. The number of anilines is 1. The van der Waals surface area contributed by atoms with Gasteiger partial charge in [-0.05, 0) is 74.8 Å². The van der Waals surface area contributed by atoms with Crippen LogP contribution in [0.4, 0.5) is 5.69 Å². The van der Waals surface area contributed by atoms with Crippen molar-refractivity contribution in [3.05, 3.63) is 53.2 Å². The predicted octanol–water partition coefficient (Wildman–Crippen LogP) is 3.25. The molecule has 5 rings (SSSR count). The number of aromatic nitrogens is 2. The fraction of sp³-hybridized carbons (Fsp3) is 0.444. The number of sulfonamides is 1. The van der Waals surface area contributed by atoms with E-state index in [1.54, 1.807) is 17.8 Å². The second kappa shape index (κ2) is 9.81. The lowest BCUT2D eigenvalue weighted by atomic mass is 10.0. The van der Waals surface area contributed by atoms with Gasteiger partial charge in [-0.15, -0.1) is 0 Å². The Balaban J connectivity index is 1.55. The number of carbonyl (C=O) groups excluding carboxylic acids is 2. The topological polar surface area (TPSA) is 113 Å². The second-order valence-electron chi connectivity index (χ2n) is 10.1. The molecule has 0 saturated heterocycles. The van der Waals surface area contributed by atoms with E-state index in [2.05, 4.69) is 10.6 Å². The highest BCUT2D eigenvalue weighted by molar-refractivity contribution is 7.92. The molecule has 3 aromatic rings. The van der Waals surface area contributed by atoms with Crippen LogP contribution >= 0.6 is 0 Å². The predicted molar refractivity (Wildman–Crippen MR) is 144 cm³/mol. The molecule has 0 bridgehead atoms. The molecule has 0 aliphatic heterocycles. The molecule has 2 fully saturated rings. The SMILES string of the molecule is CNC(=O)c1c2cc(C3CC3)c(N(CCCNC(=O)C3CC3)S(C)(=O)=O)cc2nn1-c1ccc(C)cc1. The van der Waals surface area contributed by atoms with Crippen LogP contribution in [0.3, 0.4) is 0 Å². The van der Waals surface area contributed by atoms with Gasteiger partial charge in [-0.2, -0.15) is 5.10 Å². The molecule has 1 heterocycles. The minimum atomic E-state index is -3.59. The first-order valence-corrected chi connectivity index (χ1v) is 14.6. The number of carbonyl (C=O) groups is 2. The van der Waals surface area contributed by atoms with Gasteiger partial charge in [0.05, 0.1) is 23.1 Å². The van der Waals surface area contributed by atoms with Crippen LogP contribution in [0.15, 0.2) is 36.4 Å². The summed E-state index contributed by atoms with van der Waals surface area (Å²) in [7, 11) is -2.01. The highest BCUT2D eigenvalue weighted by Crippen LogP contribution is 2.46. The van der Waals surface area contributed by atoms with E-state index in [0.717, 1.165) is 42.5 Å². The molecule has 2 aromatic carbocycles. The third-order valence-corrected chi connectivity index (χ3v) is 8.19. The van der Waals surface area contributed by atoms with Gasteiger partial charge in [-0.3, -0.25) is 13.9 Å². The summed E-state index contributed by atoms with van der Waals surface area (Å²) in [5.41, 5.74) is 4.33. The highest BCUT2D eigenvalue weighted by atomic mass is 32.2. The van der Waals surface area contributed by atoms with Crippen LogP contribution in [0.25, 0.3) is 16.6 Å². The maximum atomic E-state index is 13.0. The van der Waals surface area contributed by atoms with Crippen LogP contribution in [-0.2, 0) is 14.8 Å². The first kappa shape index (κ1) is 25.3. The van der Waals surface area contributed by atoms with E-state index in [1.165, 1.54) is 10.6 Å². The number of nitrogens with zero attached hydrogens (tertiary/aromatic N) is 3. The average molecular weight is 524 g/mol. The lowest BCUT2D eigenvalue weighted by Crippen LogP contribution is -2.34. The van der Waals surface area contributed by atoms with Crippen LogP contribution in [-0.4, -0.2) is 56.4 Å². The van der Waals surface area contributed by atoms with E-state index >= 15 is 0 Å². The molecule has 2 amide bonds. The Hall–Kier alpha value is -3.40. The quantitative estimate of drug-likeness (QED) is 0.396. The minimum absolute atomic E-state index is 0.0503. The van der Waals surface area contributed by atoms with Crippen molar-refractivity contribution in [2.24, 2.45) is 5.92 Å². The number of rotatable bonds is 10. The summed E-state index contributed by atoms with van der Waals surface area (Å²) in [5.74, 6) is 0.143. The molecule has 2 N–H and O–H groups in total. The van der Waals surface area contributed by atoms with E-state index in [4.69, 9.17) is 5.10 Å². The van der Waals surface area contributed by atoms with Crippen molar-refractivity contribution >= 4 is 38.4 Å². The van der Waals surface area contributed by atoms with Crippen molar-refractivity contribution < 1.29 is 18.0 Å². The number of amides is 2. The van der Waals surface area contributed by atoms with Crippen molar-refractivity contribution in [2.75, 3.05) is 30.7 Å². The van der Waals surface area contributed by atoms with Crippen molar-refractivity contribution in [1.29, 1.82) is 0 Å². The van der Waals surface area contributed by atoms with Gasteiger partial charge in [-0.25, -0.2) is 13.1 Å². The largest absolute Gasteiger partial charge is 0.356 e. The molecule has 0 unspecified atom stereocenters. The fourth-order valence-electron chi connectivity index (χ4n) is 4.67. The van der Waals surface area contributed by atoms with Crippen LogP contribution < -0.4 is 14.9 Å². The van der Waals surface area contributed by atoms with Crippen LogP contribution in [0, 0.1) is 12.8 Å². The Morgan fingerprint density at radius 2 is 1.81 bits per heavy atom. The number of hydrogen-bond acceptors (Lipinski definition) is 5. The van der Waals surface area contributed by atoms with E-state index < -0.39 is 10.0 Å². The Morgan fingerprint density at radius 3 is 2.41 bits per heavy atom. The van der Waals surface area contributed by atoms with Crippen LogP contribution in [0.2, 0.25) is 0 Å². The lowest BCUT2D eigenvalue weighted by Gasteiger charge is -2.25. The zero-order valence-corrected chi connectivity index (χ0v) is 22.3. The fourth-order valence-corrected chi connectivity index (χ4v) is 5.65. The maximum Gasteiger partial charge on any atom is 0.270 e. The standard InChI is InChI=1S/C27H33N5O4S/c1-17-5-11-20(12-6-17)32-25(27(34)28-2)22-15-21(18-7-8-18)24(16-23(22)30-32)31(37(3,35)36)14-4-13-29-26(33)19-9-10-19/h5-6,11-12,15-16,18-19H,4,7-10,13-14H2,1-3H3,(H,28,34)(H,29,33). The van der Waals surface area contributed by atoms with Gasteiger partial charge in [-0.1, -0.05) is 17.7 Å². The van der Waals surface area contributed by atoms with Gasteiger partial charge in [0.25, 0.3) is 5.91 Å². The molecule has 2 saturated carbocycles. The lowest BCUT2D eigenvalue weighted by molar-refractivity contribution is -0.122. The molecular weight excluding hydrogens is 490 g/mol. The molecule has 37 heavy (non-hydrogen) atoms. The zero-order chi connectivity index (χ0) is 26.3. The Morgan fingerprint density at radius 1 is 1.11 bits per heavy atom. The summed E-state index contributed by atoms with van der Waals surface area (Å²) in [6.45, 7) is 2.66. The molecule has 0 atom stereocenters. The number of hydrogen-bond donors (Lipinski definition) is 2. The summed E-state index contributed by atoms with van der Waals surface area (Å²) >= 11 is 0. The first-order chi connectivity index (χ1) is 17.7. The third-order valence-electron chi connectivity index (χ3n) is 7.01. The van der Waals surface area contributed by atoms with Gasteiger partial charge in [0.15, 0.2) is 0 Å². The highest BCUT2D eigenvalue weighted by Gasteiger charge is 2.33. The normalized spacial score (nSPS) is 15.5. The van der Waals surface area contributed by atoms with Gasteiger partial charge in [0.1, 0.15) is 5.69 Å². The molecule has 9 nitrogen and oxygen atoms in total. The molecule has 2 aliphatic rings. The third kappa shape index (κ3) is 5.34. The minimum Gasteiger partial charge on any atom is -0.356 e. The van der Waals surface area contributed by atoms with Crippen molar-refractivity contribution in [3.63, 3.8) is 0 Å². The number of nitrogens with one attached hydrogen (secondary N) is 2. The van der Waals surface area contributed by atoms with E-state index in [9.17, 15) is 18.0 Å². The molecular formula is C27H33N5O4S. The summed E-state index contributed by atoms with van der Waals surface area (Å²) in [6.07, 6.45) is 5.50. The van der Waals surface area contributed by atoms with Crippen molar-refractivity contribution in [3.8, 4) is 5.69 Å². The summed E-state index contributed by atoms with van der Waals surface area (Å²) in [6, 6.07) is 11.5. The number of benzene rings is 2. The molecule has 0 radical (unpaired) electrons. The summed E-state index contributed by atoms with van der Waals surface area (Å²) < 4.78 is 28.9. The monoisotopic (exact) mass is 523 g/mol. The van der Waals surface area contributed by atoms with Gasteiger partial charge in [0.2, 0.25) is 15.9 Å². The van der Waals surface area contributed by atoms with E-state index in [0.29, 0.717) is 35.2 Å². The van der Waals surface area contributed by atoms with Gasteiger partial charge >= 0.3 is 0 Å². The molecule has 10 heteroatoms. The number of fused-ring (bicyclic) bond motifs is 1.